The fraction of sp³-hybridized carbons (Fsp3) is 0.261. The number of carbonyl (C=O) groups is 2. The van der Waals surface area contributed by atoms with Crippen LogP contribution in [0, 0.1) is 0 Å². The Morgan fingerprint density at radius 2 is 1.97 bits per heavy atom. The number of nitrogens with zero attached hydrogens (tertiary/aromatic N) is 2. The summed E-state index contributed by atoms with van der Waals surface area (Å²) in [5, 5.41) is 3.49. The molecule has 3 aromatic rings. The van der Waals surface area contributed by atoms with Gasteiger partial charge in [0, 0.05) is 30.1 Å². The van der Waals surface area contributed by atoms with E-state index in [-0.39, 0.29) is 12.1 Å². The number of amides is 2. The number of hydrogen-bond acceptors (Lipinski definition) is 4. The summed E-state index contributed by atoms with van der Waals surface area (Å²) in [6.45, 7) is 0.480. The smallest absolute Gasteiger partial charge is 0.328 e. The standard InChI is InChI=1S/C23H23ClN4O3/c1-31-22(29)19(13-15-5-3-2-4-6-15)27-23(30)28-12-11-18-20(26-14-25-18)21(28)16-7-9-17(24)10-8-16/h2-10,14,19,21H,11-13H2,1H3,(H,25,26)(H,27,30)/t19-,21+/m1/s1. The molecule has 31 heavy (non-hydrogen) atoms. The lowest BCUT2D eigenvalue weighted by atomic mass is 9.96. The zero-order valence-corrected chi connectivity index (χ0v) is 17.8. The quantitative estimate of drug-likeness (QED) is 0.597. The van der Waals surface area contributed by atoms with E-state index in [2.05, 4.69) is 15.3 Å². The molecule has 0 unspecified atom stereocenters. The molecule has 0 saturated carbocycles. The van der Waals surface area contributed by atoms with Crippen molar-refractivity contribution in [2.45, 2.75) is 24.9 Å². The number of benzene rings is 2. The molecule has 0 radical (unpaired) electrons. The first kappa shape index (κ1) is 20.9. The molecule has 2 amide bonds. The van der Waals surface area contributed by atoms with E-state index >= 15 is 0 Å². The number of aromatic amines is 1. The average Bonchev–Trinajstić information content (AvgIpc) is 3.27. The zero-order chi connectivity index (χ0) is 21.8. The molecule has 1 aromatic heterocycles. The minimum atomic E-state index is -0.800. The van der Waals surface area contributed by atoms with Gasteiger partial charge in [-0.25, -0.2) is 14.6 Å². The topological polar surface area (TPSA) is 87.3 Å². The molecule has 2 aromatic carbocycles. The van der Waals surface area contributed by atoms with E-state index < -0.39 is 12.0 Å². The molecule has 8 heteroatoms. The van der Waals surface area contributed by atoms with Crippen LogP contribution in [0.5, 0.6) is 0 Å². The SMILES string of the molecule is COC(=O)[C@@H](Cc1ccccc1)NC(=O)N1CCc2[nH]cnc2[C@@H]1c1ccc(Cl)cc1. The average molecular weight is 439 g/mol. The Morgan fingerprint density at radius 1 is 1.23 bits per heavy atom. The van der Waals surface area contributed by atoms with Crippen molar-refractivity contribution in [1.29, 1.82) is 0 Å². The molecule has 0 fully saturated rings. The second kappa shape index (κ2) is 9.22. The van der Waals surface area contributed by atoms with Crippen molar-refractivity contribution in [3.05, 3.63) is 88.5 Å². The van der Waals surface area contributed by atoms with Crippen LogP contribution in [0.4, 0.5) is 4.79 Å². The number of esters is 1. The van der Waals surface area contributed by atoms with Crippen LogP contribution in [0.3, 0.4) is 0 Å². The Morgan fingerprint density at radius 3 is 2.68 bits per heavy atom. The molecule has 0 bridgehead atoms. The highest BCUT2D eigenvalue weighted by molar-refractivity contribution is 6.30. The fourth-order valence-electron chi connectivity index (χ4n) is 3.90. The summed E-state index contributed by atoms with van der Waals surface area (Å²) in [4.78, 5) is 35.1. The number of imidazole rings is 1. The van der Waals surface area contributed by atoms with Crippen LogP contribution in [-0.4, -0.2) is 46.6 Å². The molecule has 1 aliphatic rings. The Balaban J connectivity index is 1.60. The monoisotopic (exact) mass is 438 g/mol. The Hall–Kier alpha value is -3.32. The molecule has 7 nitrogen and oxygen atoms in total. The number of H-pyrrole nitrogens is 1. The van der Waals surface area contributed by atoms with Crippen LogP contribution in [0.15, 0.2) is 60.9 Å². The minimum absolute atomic E-state index is 0.340. The number of methoxy groups -OCH3 is 1. The number of carbonyl (C=O) groups excluding carboxylic acids is 2. The van der Waals surface area contributed by atoms with Gasteiger partial charge in [-0.15, -0.1) is 0 Å². The molecule has 0 aliphatic carbocycles. The highest BCUT2D eigenvalue weighted by Crippen LogP contribution is 2.33. The van der Waals surface area contributed by atoms with Crippen molar-refractivity contribution < 1.29 is 14.3 Å². The van der Waals surface area contributed by atoms with Gasteiger partial charge >= 0.3 is 12.0 Å². The van der Waals surface area contributed by atoms with Crippen molar-refractivity contribution in [2.75, 3.05) is 13.7 Å². The van der Waals surface area contributed by atoms with Gasteiger partial charge in [0.1, 0.15) is 12.1 Å². The highest BCUT2D eigenvalue weighted by Gasteiger charge is 2.35. The number of nitrogens with one attached hydrogen (secondary N) is 2. The van der Waals surface area contributed by atoms with Crippen LogP contribution >= 0.6 is 11.6 Å². The summed E-state index contributed by atoms with van der Waals surface area (Å²) >= 11 is 6.06. The summed E-state index contributed by atoms with van der Waals surface area (Å²) < 4.78 is 4.94. The lowest BCUT2D eigenvalue weighted by molar-refractivity contribution is -0.142. The second-order valence-electron chi connectivity index (χ2n) is 7.38. The first-order valence-electron chi connectivity index (χ1n) is 10.0. The van der Waals surface area contributed by atoms with Crippen molar-refractivity contribution in [2.24, 2.45) is 0 Å². The van der Waals surface area contributed by atoms with E-state index in [9.17, 15) is 9.59 Å². The molecular formula is C23H23ClN4O3. The number of ether oxygens (including phenoxy) is 1. The molecule has 0 saturated heterocycles. The van der Waals surface area contributed by atoms with Crippen molar-refractivity contribution in [3.8, 4) is 0 Å². The molecule has 2 atom stereocenters. The molecule has 2 N–H and O–H groups in total. The summed E-state index contributed by atoms with van der Waals surface area (Å²) in [6, 6.07) is 15.3. The summed E-state index contributed by atoms with van der Waals surface area (Å²) in [6.07, 6.45) is 2.63. The normalized spacial score (nSPS) is 16.3. The third-order valence-electron chi connectivity index (χ3n) is 5.44. The van der Waals surface area contributed by atoms with Gasteiger partial charge in [-0.2, -0.15) is 0 Å². The van der Waals surface area contributed by atoms with E-state index in [1.165, 1.54) is 7.11 Å². The largest absolute Gasteiger partial charge is 0.467 e. The van der Waals surface area contributed by atoms with Gasteiger partial charge in [0.05, 0.1) is 19.1 Å². The Labute approximate surface area is 185 Å². The van der Waals surface area contributed by atoms with Gasteiger partial charge in [0.25, 0.3) is 0 Å². The summed E-state index contributed by atoms with van der Waals surface area (Å²) in [5.74, 6) is -0.488. The number of hydrogen-bond donors (Lipinski definition) is 2. The number of halogens is 1. The molecule has 2 heterocycles. The highest BCUT2D eigenvalue weighted by atomic mass is 35.5. The minimum Gasteiger partial charge on any atom is -0.467 e. The van der Waals surface area contributed by atoms with Crippen molar-refractivity contribution in [3.63, 3.8) is 0 Å². The summed E-state index contributed by atoms with van der Waals surface area (Å²) in [7, 11) is 1.32. The van der Waals surface area contributed by atoms with Gasteiger partial charge < -0.3 is 19.9 Å². The lowest BCUT2D eigenvalue weighted by Gasteiger charge is -2.36. The lowest BCUT2D eigenvalue weighted by Crippen LogP contribution is -2.52. The second-order valence-corrected chi connectivity index (χ2v) is 7.82. The van der Waals surface area contributed by atoms with E-state index in [0.717, 1.165) is 22.5 Å². The molecule has 0 spiro atoms. The first-order valence-corrected chi connectivity index (χ1v) is 10.4. The van der Waals surface area contributed by atoms with Crippen molar-refractivity contribution in [1.82, 2.24) is 20.2 Å². The van der Waals surface area contributed by atoms with Crippen LogP contribution in [0.2, 0.25) is 5.02 Å². The van der Waals surface area contributed by atoms with Crippen LogP contribution in [0.25, 0.3) is 0 Å². The number of aromatic nitrogens is 2. The predicted octanol–water partition coefficient (Wildman–Crippen LogP) is 3.50. The molecule has 1 aliphatic heterocycles. The number of fused-ring (bicyclic) bond motifs is 1. The first-order chi connectivity index (χ1) is 15.1. The number of urea groups is 1. The van der Waals surface area contributed by atoms with Gasteiger partial charge in [0.15, 0.2) is 0 Å². The maximum Gasteiger partial charge on any atom is 0.328 e. The van der Waals surface area contributed by atoms with Crippen LogP contribution in [-0.2, 0) is 22.4 Å². The molecular weight excluding hydrogens is 416 g/mol. The Kier molecular flexibility index (Phi) is 6.23. The maximum atomic E-state index is 13.3. The van der Waals surface area contributed by atoms with Gasteiger partial charge in [0.2, 0.25) is 0 Å². The van der Waals surface area contributed by atoms with E-state index in [0.29, 0.717) is 24.4 Å². The maximum absolute atomic E-state index is 13.3. The fourth-order valence-corrected chi connectivity index (χ4v) is 4.02. The third kappa shape index (κ3) is 4.56. The van der Waals surface area contributed by atoms with Crippen LogP contribution < -0.4 is 5.32 Å². The van der Waals surface area contributed by atoms with Crippen LogP contribution in [0.1, 0.15) is 28.6 Å². The van der Waals surface area contributed by atoms with E-state index in [1.807, 2.05) is 42.5 Å². The third-order valence-corrected chi connectivity index (χ3v) is 5.69. The van der Waals surface area contributed by atoms with E-state index in [1.54, 1.807) is 23.4 Å². The van der Waals surface area contributed by atoms with Crippen molar-refractivity contribution >= 4 is 23.6 Å². The van der Waals surface area contributed by atoms with E-state index in [4.69, 9.17) is 16.3 Å². The predicted molar refractivity (Wildman–Crippen MR) is 117 cm³/mol. The van der Waals surface area contributed by atoms with Gasteiger partial charge in [-0.05, 0) is 23.3 Å². The zero-order valence-electron chi connectivity index (χ0n) is 17.0. The molecule has 160 valence electrons. The molecule has 4 rings (SSSR count). The summed E-state index contributed by atoms with van der Waals surface area (Å²) in [5.41, 5.74) is 3.62. The van der Waals surface area contributed by atoms with Gasteiger partial charge in [-0.3, -0.25) is 0 Å². The van der Waals surface area contributed by atoms with Gasteiger partial charge in [-0.1, -0.05) is 54.1 Å². The Bertz CT molecular complexity index is 1050. The number of rotatable bonds is 5.